The zero-order valence-corrected chi connectivity index (χ0v) is 13.9. The molecule has 2 fully saturated rings. The summed E-state index contributed by atoms with van der Waals surface area (Å²) >= 11 is 0. The molecule has 2 amide bonds. The molecule has 126 valence electrons. The van der Waals surface area contributed by atoms with E-state index < -0.39 is 0 Å². The van der Waals surface area contributed by atoms with E-state index in [0.29, 0.717) is 12.5 Å². The molecule has 3 rings (SSSR count). The van der Waals surface area contributed by atoms with Crippen molar-refractivity contribution >= 4 is 11.8 Å². The van der Waals surface area contributed by atoms with Gasteiger partial charge in [0.15, 0.2) is 0 Å². The number of carbonyl (C=O) groups excluding carboxylic acids is 2. The highest BCUT2D eigenvalue weighted by molar-refractivity contribution is 5.85. The van der Waals surface area contributed by atoms with Gasteiger partial charge >= 0.3 is 0 Å². The average Bonchev–Trinajstić information content (AvgIpc) is 2.89. The molecular formula is C17H26N4O2. The van der Waals surface area contributed by atoms with Gasteiger partial charge in [0.1, 0.15) is 5.82 Å². The molecule has 0 saturated carbocycles. The minimum absolute atomic E-state index is 0.0859. The van der Waals surface area contributed by atoms with Gasteiger partial charge in [0, 0.05) is 38.4 Å². The number of imidazole rings is 1. The van der Waals surface area contributed by atoms with E-state index >= 15 is 0 Å². The van der Waals surface area contributed by atoms with Crippen LogP contribution in [0.3, 0.4) is 0 Å². The van der Waals surface area contributed by atoms with E-state index in [1.807, 2.05) is 24.2 Å². The first-order chi connectivity index (χ1) is 11.1. The summed E-state index contributed by atoms with van der Waals surface area (Å²) in [5.74, 6) is 1.21. The van der Waals surface area contributed by atoms with E-state index in [9.17, 15) is 9.59 Å². The van der Waals surface area contributed by atoms with Gasteiger partial charge in [-0.05, 0) is 32.6 Å². The monoisotopic (exact) mass is 318 g/mol. The molecule has 0 N–H and O–H groups in total. The first kappa shape index (κ1) is 16.0. The van der Waals surface area contributed by atoms with Crippen LogP contribution in [0.15, 0.2) is 12.4 Å². The Labute approximate surface area is 137 Å². The highest BCUT2D eigenvalue weighted by atomic mass is 16.2. The molecule has 23 heavy (non-hydrogen) atoms. The zero-order valence-electron chi connectivity index (χ0n) is 13.9. The smallest absolute Gasteiger partial charge is 0.242 e. The molecule has 2 aliphatic rings. The third kappa shape index (κ3) is 3.74. The third-order valence-corrected chi connectivity index (χ3v) is 5.00. The number of amides is 2. The molecule has 0 aliphatic carbocycles. The van der Waals surface area contributed by atoms with Crippen molar-refractivity contribution in [2.24, 2.45) is 0 Å². The Balaban J connectivity index is 1.60. The molecule has 0 radical (unpaired) electrons. The Hall–Kier alpha value is -1.85. The van der Waals surface area contributed by atoms with Crippen LogP contribution >= 0.6 is 0 Å². The van der Waals surface area contributed by atoms with Gasteiger partial charge in [-0.1, -0.05) is 6.42 Å². The van der Waals surface area contributed by atoms with Crippen molar-refractivity contribution < 1.29 is 9.59 Å². The molecule has 0 spiro atoms. The molecule has 6 heteroatoms. The number of likely N-dealkylation sites (tertiary alicyclic amines) is 2. The Morgan fingerprint density at radius 1 is 1.26 bits per heavy atom. The lowest BCUT2D eigenvalue weighted by atomic mass is 10.1. The third-order valence-electron chi connectivity index (χ3n) is 5.00. The van der Waals surface area contributed by atoms with Crippen LogP contribution in [0.2, 0.25) is 0 Å². The van der Waals surface area contributed by atoms with Crippen molar-refractivity contribution in [2.45, 2.75) is 51.5 Å². The summed E-state index contributed by atoms with van der Waals surface area (Å²) < 4.78 is 2.16. The standard InChI is InChI=1S/C17H26N4O2/c1-14-18-8-11-21(14)15-6-5-10-19(12-15)17(23)13-20-9-4-2-3-7-16(20)22/h8,11,15H,2-7,9-10,12-13H2,1H3/t15-/m1/s1. The number of hydrogen-bond acceptors (Lipinski definition) is 3. The summed E-state index contributed by atoms with van der Waals surface area (Å²) in [6.45, 7) is 4.48. The molecule has 0 bridgehead atoms. The maximum atomic E-state index is 12.6. The lowest BCUT2D eigenvalue weighted by molar-refractivity contribution is -0.141. The van der Waals surface area contributed by atoms with E-state index in [2.05, 4.69) is 9.55 Å². The van der Waals surface area contributed by atoms with Crippen LogP contribution in [-0.2, 0) is 9.59 Å². The van der Waals surface area contributed by atoms with Crippen LogP contribution in [0.4, 0.5) is 0 Å². The Morgan fingerprint density at radius 2 is 2.13 bits per heavy atom. The molecule has 1 aromatic rings. The second-order valence-corrected chi connectivity index (χ2v) is 6.64. The largest absolute Gasteiger partial charge is 0.339 e. The first-order valence-corrected chi connectivity index (χ1v) is 8.70. The van der Waals surface area contributed by atoms with E-state index in [1.54, 1.807) is 4.90 Å². The summed E-state index contributed by atoms with van der Waals surface area (Å²) in [7, 11) is 0. The summed E-state index contributed by atoms with van der Waals surface area (Å²) in [4.78, 5) is 32.7. The molecule has 1 atom stereocenters. The SMILES string of the molecule is Cc1nccn1[C@@H]1CCCN(C(=O)CN2CCCCCC2=O)C1. The molecule has 0 aromatic carbocycles. The fourth-order valence-corrected chi connectivity index (χ4v) is 3.65. The van der Waals surface area contributed by atoms with Gasteiger partial charge in [0.05, 0.1) is 12.6 Å². The number of aryl methyl sites for hydroxylation is 1. The van der Waals surface area contributed by atoms with Gasteiger partial charge in [-0.2, -0.15) is 0 Å². The van der Waals surface area contributed by atoms with Crippen molar-refractivity contribution in [2.75, 3.05) is 26.2 Å². The van der Waals surface area contributed by atoms with Crippen LogP contribution in [0.1, 0.15) is 50.4 Å². The van der Waals surface area contributed by atoms with Crippen LogP contribution in [0.5, 0.6) is 0 Å². The number of hydrogen-bond donors (Lipinski definition) is 0. The quantitative estimate of drug-likeness (QED) is 0.853. The summed E-state index contributed by atoms with van der Waals surface area (Å²) in [6, 6.07) is 0.301. The van der Waals surface area contributed by atoms with Crippen LogP contribution in [0.25, 0.3) is 0 Å². The van der Waals surface area contributed by atoms with Gasteiger partial charge in [-0.3, -0.25) is 9.59 Å². The fraction of sp³-hybridized carbons (Fsp3) is 0.706. The van der Waals surface area contributed by atoms with Crippen molar-refractivity contribution in [1.29, 1.82) is 0 Å². The number of carbonyl (C=O) groups is 2. The molecule has 0 unspecified atom stereocenters. The highest BCUT2D eigenvalue weighted by Crippen LogP contribution is 2.23. The van der Waals surface area contributed by atoms with Gasteiger partial charge in [0.25, 0.3) is 0 Å². The molecule has 3 heterocycles. The maximum absolute atomic E-state index is 12.6. The molecule has 2 saturated heterocycles. The first-order valence-electron chi connectivity index (χ1n) is 8.70. The number of rotatable bonds is 3. The van der Waals surface area contributed by atoms with Crippen LogP contribution in [0, 0.1) is 6.92 Å². The van der Waals surface area contributed by atoms with Crippen LogP contribution in [-0.4, -0.2) is 57.3 Å². The number of nitrogens with zero attached hydrogens (tertiary/aromatic N) is 4. The number of piperidine rings is 1. The predicted octanol–water partition coefficient (Wildman–Crippen LogP) is 1.76. The lowest BCUT2D eigenvalue weighted by Crippen LogP contribution is -2.46. The van der Waals surface area contributed by atoms with E-state index in [-0.39, 0.29) is 18.4 Å². The van der Waals surface area contributed by atoms with Gasteiger partial charge in [-0.25, -0.2) is 4.98 Å². The molecule has 2 aliphatic heterocycles. The molecule has 6 nitrogen and oxygen atoms in total. The average molecular weight is 318 g/mol. The summed E-state index contributed by atoms with van der Waals surface area (Å²) in [6.07, 6.45) is 9.52. The fourth-order valence-electron chi connectivity index (χ4n) is 3.65. The Kier molecular flexibility index (Phi) is 4.98. The zero-order chi connectivity index (χ0) is 16.2. The summed E-state index contributed by atoms with van der Waals surface area (Å²) in [5.41, 5.74) is 0. The topological polar surface area (TPSA) is 58.4 Å². The van der Waals surface area contributed by atoms with Gasteiger partial charge < -0.3 is 14.4 Å². The minimum Gasteiger partial charge on any atom is -0.339 e. The normalized spacial score (nSPS) is 23.0. The highest BCUT2D eigenvalue weighted by Gasteiger charge is 2.27. The van der Waals surface area contributed by atoms with Gasteiger partial charge in [-0.15, -0.1) is 0 Å². The van der Waals surface area contributed by atoms with Gasteiger partial charge in [0.2, 0.25) is 11.8 Å². The second-order valence-electron chi connectivity index (χ2n) is 6.64. The minimum atomic E-state index is 0.0859. The van der Waals surface area contributed by atoms with Crippen molar-refractivity contribution in [3.05, 3.63) is 18.2 Å². The Bertz CT molecular complexity index is 569. The van der Waals surface area contributed by atoms with E-state index in [4.69, 9.17) is 0 Å². The van der Waals surface area contributed by atoms with Crippen molar-refractivity contribution in [3.8, 4) is 0 Å². The van der Waals surface area contributed by atoms with Crippen LogP contribution < -0.4 is 0 Å². The molecule has 1 aromatic heterocycles. The molecular weight excluding hydrogens is 292 g/mol. The summed E-state index contributed by atoms with van der Waals surface area (Å²) in [5, 5.41) is 0. The Morgan fingerprint density at radius 3 is 2.91 bits per heavy atom. The van der Waals surface area contributed by atoms with Crippen molar-refractivity contribution in [3.63, 3.8) is 0 Å². The van der Waals surface area contributed by atoms with E-state index in [0.717, 1.165) is 57.6 Å². The predicted molar refractivity (Wildman–Crippen MR) is 86.9 cm³/mol. The lowest BCUT2D eigenvalue weighted by Gasteiger charge is -2.35. The number of aromatic nitrogens is 2. The second kappa shape index (κ2) is 7.15. The maximum Gasteiger partial charge on any atom is 0.242 e. The van der Waals surface area contributed by atoms with Crippen molar-refractivity contribution in [1.82, 2.24) is 19.4 Å². The van der Waals surface area contributed by atoms with E-state index in [1.165, 1.54) is 0 Å².